The fraction of sp³-hybridized carbons (Fsp3) is 0.235. The molecule has 110 valence electrons. The number of rotatable bonds is 5. The Kier molecular flexibility index (Phi) is 5.53. The first-order valence-electron chi connectivity index (χ1n) is 6.86. The number of esters is 1. The molecule has 21 heavy (non-hydrogen) atoms. The van der Waals surface area contributed by atoms with Crippen molar-refractivity contribution >= 4 is 21.9 Å². The molecule has 0 heterocycles. The molecule has 0 aliphatic heterocycles. The van der Waals surface area contributed by atoms with Gasteiger partial charge in [0.25, 0.3) is 0 Å². The van der Waals surface area contributed by atoms with Crippen LogP contribution in [0.3, 0.4) is 0 Å². The molecular formula is C17H18BrNO2. The molecule has 0 saturated carbocycles. The van der Waals surface area contributed by atoms with Crippen LogP contribution in [0, 0.1) is 0 Å². The number of hydrogen-bond donors (Lipinski definition) is 1. The van der Waals surface area contributed by atoms with Gasteiger partial charge in [-0.1, -0.05) is 58.4 Å². The van der Waals surface area contributed by atoms with E-state index in [1.165, 1.54) is 0 Å². The van der Waals surface area contributed by atoms with Crippen LogP contribution in [-0.2, 0) is 9.53 Å². The van der Waals surface area contributed by atoms with Gasteiger partial charge in [-0.25, -0.2) is 0 Å². The van der Waals surface area contributed by atoms with Crippen molar-refractivity contribution in [3.63, 3.8) is 0 Å². The van der Waals surface area contributed by atoms with E-state index in [1.807, 2.05) is 54.6 Å². The van der Waals surface area contributed by atoms with E-state index in [0.717, 1.165) is 15.6 Å². The second-order valence-corrected chi connectivity index (χ2v) is 5.64. The smallest absolute Gasteiger partial charge is 0.323 e. The van der Waals surface area contributed by atoms with Gasteiger partial charge < -0.3 is 10.5 Å². The van der Waals surface area contributed by atoms with Gasteiger partial charge in [0.05, 0.1) is 6.61 Å². The van der Waals surface area contributed by atoms with Crippen LogP contribution in [0.15, 0.2) is 59.1 Å². The molecule has 2 unspecified atom stereocenters. The van der Waals surface area contributed by atoms with Crippen molar-refractivity contribution in [3.05, 3.63) is 70.2 Å². The maximum atomic E-state index is 12.1. The molecule has 0 spiro atoms. The highest BCUT2D eigenvalue weighted by Gasteiger charge is 2.28. The molecule has 2 atom stereocenters. The topological polar surface area (TPSA) is 52.3 Å². The van der Waals surface area contributed by atoms with E-state index in [9.17, 15) is 4.79 Å². The monoisotopic (exact) mass is 347 g/mol. The SMILES string of the molecule is CCOC(=O)C(N)C(c1ccccc1)c1cccc(Br)c1. The number of hydrogen-bond acceptors (Lipinski definition) is 3. The molecular weight excluding hydrogens is 330 g/mol. The van der Waals surface area contributed by atoms with Crippen LogP contribution in [0.1, 0.15) is 24.0 Å². The summed E-state index contributed by atoms with van der Waals surface area (Å²) in [5.41, 5.74) is 8.15. The van der Waals surface area contributed by atoms with E-state index >= 15 is 0 Å². The Balaban J connectivity index is 2.42. The third-order valence-corrected chi connectivity index (χ3v) is 3.78. The van der Waals surface area contributed by atoms with Crippen molar-refractivity contribution in [1.29, 1.82) is 0 Å². The highest BCUT2D eigenvalue weighted by molar-refractivity contribution is 9.10. The van der Waals surface area contributed by atoms with Crippen LogP contribution in [-0.4, -0.2) is 18.6 Å². The number of nitrogens with two attached hydrogens (primary N) is 1. The first-order valence-corrected chi connectivity index (χ1v) is 7.65. The normalized spacial score (nSPS) is 13.5. The van der Waals surface area contributed by atoms with Gasteiger partial charge in [0.1, 0.15) is 6.04 Å². The molecule has 0 radical (unpaired) electrons. The predicted molar refractivity (Wildman–Crippen MR) is 87.0 cm³/mol. The van der Waals surface area contributed by atoms with Crippen LogP contribution < -0.4 is 5.73 Å². The number of ether oxygens (including phenoxy) is 1. The minimum absolute atomic E-state index is 0.234. The highest BCUT2D eigenvalue weighted by Crippen LogP contribution is 2.29. The van der Waals surface area contributed by atoms with Gasteiger partial charge in [-0.2, -0.15) is 0 Å². The van der Waals surface area contributed by atoms with Crippen molar-refractivity contribution < 1.29 is 9.53 Å². The second-order valence-electron chi connectivity index (χ2n) is 4.72. The Morgan fingerprint density at radius 3 is 2.43 bits per heavy atom. The fourth-order valence-corrected chi connectivity index (χ4v) is 2.76. The zero-order valence-electron chi connectivity index (χ0n) is 11.8. The average Bonchev–Trinajstić information content (AvgIpc) is 2.49. The summed E-state index contributed by atoms with van der Waals surface area (Å²) in [5, 5.41) is 0. The maximum Gasteiger partial charge on any atom is 0.323 e. The summed E-state index contributed by atoms with van der Waals surface area (Å²) in [4.78, 5) is 12.1. The largest absolute Gasteiger partial charge is 0.465 e. The number of carbonyl (C=O) groups excluding carboxylic acids is 1. The lowest BCUT2D eigenvalue weighted by Gasteiger charge is -2.23. The molecule has 0 amide bonds. The lowest BCUT2D eigenvalue weighted by atomic mass is 9.85. The Labute approximate surface area is 133 Å². The van der Waals surface area contributed by atoms with E-state index in [-0.39, 0.29) is 11.9 Å². The Morgan fingerprint density at radius 1 is 1.14 bits per heavy atom. The van der Waals surface area contributed by atoms with Crippen molar-refractivity contribution in [1.82, 2.24) is 0 Å². The van der Waals surface area contributed by atoms with Crippen molar-refractivity contribution in [2.24, 2.45) is 5.73 Å². The molecule has 0 aromatic heterocycles. The standard InChI is InChI=1S/C17H18BrNO2/c1-2-21-17(20)16(19)15(12-7-4-3-5-8-12)13-9-6-10-14(18)11-13/h3-11,15-16H,2,19H2,1H3. The van der Waals surface area contributed by atoms with Gasteiger partial charge in [0.15, 0.2) is 0 Å². The minimum Gasteiger partial charge on any atom is -0.465 e. The minimum atomic E-state index is -0.735. The molecule has 2 aromatic rings. The first-order chi connectivity index (χ1) is 10.1. The van der Waals surface area contributed by atoms with Gasteiger partial charge in [0, 0.05) is 10.4 Å². The van der Waals surface area contributed by atoms with E-state index in [2.05, 4.69) is 15.9 Å². The fourth-order valence-electron chi connectivity index (χ4n) is 2.34. The summed E-state index contributed by atoms with van der Waals surface area (Å²) >= 11 is 3.46. The van der Waals surface area contributed by atoms with Crippen LogP contribution in [0.25, 0.3) is 0 Å². The third-order valence-electron chi connectivity index (χ3n) is 3.28. The quantitative estimate of drug-likeness (QED) is 0.842. The van der Waals surface area contributed by atoms with E-state index in [0.29, 0.717) is 6.61 Å². The van der Waals surface area contributed by atoms with Crippen LogP contribution in [0.5, 0.6) is 0 Å². The van der Waals surface area contributed by atoms with Gasteiger partial charge in [-0.05, 0) is 30.2 Å². The number of halogens is 1. The average molecular weight is 348 g/mol. The van der Waals surface area contributed by atoms with Gasteiger partial charge >= 0.3 is 5.97 Å². The zero-order chi connectivity index (χ0) is 15.2. The lowest BCUT2D eigenvalue weighted by molar-refractivity contribution is -0.145. The molecule has 2 N–H and O–H groups in total. The summed E-state index contributed by atoms with van der Waals surface area (Å²) in [6.07, 6.45) is 0. The molecule has 0 saturated heterocycles. The Morgan fingerprint density at radius 2 is 1.81 bits per heavy atom. The van der Waals surface area contributed by atoms with E-state index in [1.54, 1.807) is 6.92 Å². The Bertz CT molecular complexity index is 601. The van der Waals surface area contributed by atoms with Gasteiger partial charge in [-0.3, -0.25) is 4.79 Å². The zero-order valence-corrected chi connectivity index (χ0v) is 13.4. The molecule has 2 aromatic carbocycles. The molecule has 0 aliphatic carbocycles. The van der Waals surface area contributed by atoms with Crippen molar-refractivity contribution in [2.75, 3.05) is 6.61 Å². The molecule has 4 heteroatoms. The molecule has 0 aliphatic rings. The molecule has 0 fully saturated rings. The first kappa shape index (κ1) is 15.7. The summed E-state index contributed by atoms with van der Waals surface area (Å²) in [5.74, 6) is -0.617. The lowest BCUT2D eigenvalue weighted by Crippen LogP contribution is -2.38. The highest BCUT2D eigenvalue weighted by atomic mass is 79.9. The molecule has 2 rings (SSSR count). The van der Waals surface area contributed by atoms with Gasteiger partial charge in [-0.15, -0.1) is 0 Å². The van der Waals surface area contributed by atoms with E-state index < -0.39 is 6.04 Å². The number of benzene rings is 2. The third kappa shape index (κ3) is 3.93. The predicted octanol–water partition coefficient (Wildman–Crippen LogP) is 3.47. The Hall–Kier alpha value is -1.65. The summed E-state index contributed by atoms with van der Waals surface area (Å²) < 4.78 is 6.04. The summed E-state index contributed by atoms with van der Waals surface area (Å²) in [7, 11) is 0. The van der Waals surface area contributed by atoms with Crippen LogP contribution in [0.2, 0.25) is 0 Å². The van der Waals surface area contributed by atoms with Crippen LogP contribution in [0.4, 0.5) is 0 Å². The maximum absolute atomic E-state index is 12.1. The van der Waals surface area contributed by atoms with Crippen molar-refractivity contribution in [3.8, 4) is 0 Å². The number of carbonyl (C=O) groups is 1. The summed E-state index contributed by atoms with van der Waals surface area (Å²) in [6.45, 7) is 2.10. The van der Waals surface area contributed by atoms with Gasteiger partial charge in [0.2, 0.25) is 0 Å². The second kappa shape index (κ2) is 7.38. The van der Waals surface area contributed by atoms with Crippen molar-refractivity contribution in [2.45, 2.75) is 18.9 Å². The molecule has 0 bridgehead atoms. The van der Waals surface area contributed by atoms with Crippen LogP contribution >= 0.6 is 15.9 Å². The summed E-state index contributed by atoms with van der Waals surface area (Å²) in [6, 6.07) is 16.9. The molecule has 3 nitrogen and oxygen atoms in total. The van der Waals surface area contributed by atoms with E-state index in [4.69, 9.17) is 10.5 Å².